The standard InChI is InChI=1S/C20H20N2O2S/c23-19(6-1-14-8-10-25-13-14)21-18-5-4-15-7-9-22(12-17(15)11-18)20(24)16-2-3-16/h1,4-6,8,10-11,13,16H,2-3,7,9,12H2,(H,21,23)/b6-1+. The molecule has 0 unspecified atom stereocenters. The van der Waals surface area contributed by atoms with Crippen LogP contribution in [0.2, 0.25) is 0 Å². The predicted octanol–water partition coefficient (Wildman–Crippen LogP) is 3.69. The highest BCUT2D eigenvalue weighted by molar-refractivity contribution is 7.08. The van der Waals surface area contributed by atoms with E-state index in [0.717, 1.165) is 42.6 Å². The highest BCUT2D eigenvalue weighted by Crippen LogP contribution is 2.33. The van der Waals surface area contributed by atoms with E-state index in [1.165, 1.54) is 5.56 Å². The molecule has 0 bridgehead atoms. The van der Waals surface area contributed by atoms with Gasteiger partial charge in [0.15, 0.2) is 0 Å². The molecule has 0 spiro atoms. The topological polar surface area (TPSA) is 49.4 Å². The third kappa shape index (κ3) is 3.82. The van der Waals surface area contributed by atoms with Crippen molar-refractivity contribution in [1.29, 1.82) is 0 Å². The van der Waals surface area contributed by atoms with Crippen LogP contribution in [0.3, 0.4) is 0 Å². The molecule has 1 fully saturated rings. The summed E-state index contributed by atoms with van der Waals surface area (Å²) in [6.45, 7) is 1.45. The van der Waals surface area contributed by atoms with Gasteiger partial charge in [-0.1, -0.05) is 6.07 Å². The van der Waals surface area contributed by atoms with Crippen molar-refractivity contribution in [3.63, 3.8) is 0 Å². The van der Waals surface area contributed by atoms with Gasteiger partial charge >= 0.3 is 0 Å². The Kier molecular flexibility index (Phi) is 4.40. The second-order valence-corrected chi connectivity index (χ2v) is 7.43. The van der Waals surface area contributed by atoms with Gasteiger partial charge in [-0.2, -0.15) is 11.3 Å². The van der Waals surface area contributed by atoms with E-state index in [4.69, 9.17) is 0 Å². The predicted molar refractivity (Wildman–Crippen MR) is 100 cm³/mol. The SMILES string of the molecule is O=C(/C=C/c1ccsc1)Nc1ccc2c(c1)CN(C(=O)C1CC1)CC2. The zero-order chi connectivity index (χ0) is 17.2. The lowest BCUT2D eigenvalue weighted by Gasteiger charge is -2.29. The van der Waals surface area contributed by atoms with Crippen LogP contribution in [0.15, 0.2) is 41.1 Å². The number of thiophene rings is 1. The maximum absolute atomic E-state index is 12.3. The molecule has 1 N–H and O–H groups in total. The highest BCUT2D eigenvalue weighted by Gasteiger charge is 2.34. The van der Waals surface area contributed by atoms with Crippen molar-refractivity contribution >= 4 is 34.9 Å². The average molecular weight is 352 g/mol. The van der Waals surface area contributed by atoms with Crippen LogP contribution in [0.1, 0.15) is 29.5 Å². The molecule has 2 aliphatic rings. The van der Waals surface area contributed by atoms with Crippen LogP contribution in [-0.4, -0.2) is 23.3 Å². The van der Waals surface area contributed by atoms with E-state index in [1.54, 1.807) is 23.5 Å². The monoisotopic (exact) mass is 352 g/mol. The molecule has 5 heteroatoms. The first kappa shape index (κ1) is 16.1. The molecule has 128 valence electrons. The minimum atomic E-state index is -0.145. The Morgan fingerprint density at radius 1 is 1.20 bits per heavy atom. The van der Waals surface area contributed by atoms with Crippen LogP contribution in [-0.2, 0) is 22.6 Å². The quantitative estimate of drug-likeness (QED) is 0.853. The number of nitrogens with zero attached hydrogens (tertiary/aromatic N) is 1. The van der Waals surface area contributed by atoms with E-state index in [1.807, 2.05) is 33.9 Å². The lowest BCUT2D eigenvalue weighted by molar-refractivity contribution is -0.133. The fourth-order valence-corrected chi connectivity index (χ4v) is 3.77. The van der Waals surface area contributed by atoms with Crippen LogP contribution in [0.4, 0.5) is 5.69 Å². The summed E-state index contributed by atoms with van der Waals surface area (Å²) >= 11 is 1.60. The summed E-state index contributed by atoms with van der Waals surface area (Å²) in [6.07, 6.45) is 6.31. The molecule has 2 aromatic rings. The molecular formula is C20H20N2O2S. The van der Waals surface area contributed by atoms with Crippen LogP contribution < -0.4 is 5.32 Å². The summed E-state index contributed by atoms with van der Waals surface area (Å²) < 4.78 is 0. The number of hydrogen-bond donors (Lipinski definition) is 1. The van der Waals surface area contributed by atoms with Crippen molar-refractivity contribution < 1.29 is 9.59 Å². The Morgan fingerprint density at radius 2 is 2.08 bits per heavy atom. The molecule has 1 aromatic heterocycles. The fraction of sp³-hybridized carbons (Fsp3) is 0.300. The van der Waals surface area contributed by atoms with Crippen molar-refractivity contribution in [1.82, 2.24) is 4.90 Å². The van der Waals surface area contributed by atoms with E-state index in [0.29, 0.717) is 12.5 Å². The number of benzene rings is 1. The van der Waals surface area contributed by atoms with Gasteiger partial charge in [0, 0.05) is 30.8 Å². The molecule has 1 aliphatic heterocycles. The maximum Gasteiger partial charge on any atom is 0.248 e. The number of hydrogen-bond acceptors (Lipinski definition) is 3. The van der Waals surface area contributed by atoms with Crippen LogP contribution >= 0.6 is 11.3 Å². The Balaban J connectivity index is 1.42. The Hall–Kier alpha value is -2.40. The highest BCUT2D eigenvalue weighted by atomic mass is 32.1. The molecule has 0 atom stereocenters. The van der Waals surface area contributed by atoms with Crippen LogP contribution in [0.5, 0.6) is 0 Å². The van der Waals surface area contributed by atoms with Gasteiger partial charge in [-0.3, -0.25) is 9.59 Å². The van der Waals surface area contributed by atoms with Gasteiger partial charge in [-0.15, -0.1) is 0 Å². The molecule has 1 aliphatic carbocycles. The summed E-state index contributed by atoms with van der Waals surface area (Å²) in [5.74, 6) is 0.401. The maximum atomic E-state index is 12.3. The van der Waals surface area contributed by atoms with E-state index in [2.05, 4.69) is 11.4 Å². The van der Waals surface area contributed by atoms with Gasteiger partial charge in [-0.05, 0) is 71.0 Å². The summed E-state index contributed by atoms with van der Waals surface area (Å²) in [5, 5.41) is 6.88. The van der Waals surface area contributed by atoms with E-state index in [9.17, 15) is 9.59 Å². The zero-order valence-corrected chi connectivity index (χ0v) is 14.7. The van der Waals surface area contributed by atoms with Crippen molar-refractivity contribution in [2.45, 2.75) is 25.8 Å². The zero-order valence-electron chi connectivity index (χ0n) is 13.9. The van der Waals surface area contributed by atoms with Crippen molar-refractivity contribution in [3.05, 3.63) is 57.8 Å². The normalized spacial score (nSPS) is 16.7. The third-order valence-electron chi connectivity index (χ3n) is 4.69. The molecule has 4 nitrogen and oxygen atoms in total. The first-order valence-corrected chi connectivity index (χ1v) is 9.55. The summed E-state index contributed by atoms with van der Waals surface area (Å²) in [6, 6.07) is 7.97. The third-order valence-corrected chi connectivity index (χ3v) is 5.40. The molecule has 2 heterocycles. The lowest BCUT2D eigenvalue weighted by Crippen LogP contribution is -2.36. The van der Waals surface area contributed by atoms with E-state index >= 15 is 0 Å². The van der Waals surface area contributed by atoms with E-state index < -0.39 is 0 Å². The summed E-state index contributed by atoms with van der Waals surface area (Å²) in [7, 11) is 0. The van der Waals surface area contributed by atoms with Crippen molar-refractivity contribution in [3.8, 4) is 0 Å². The number of amides is 2. The first-order chi connectivity index (χ1) is 12.2. The van der Waals surface area contributed by atoms with Gasteiger partial charge < -0.3 is 10.2 Å². The van der Waals surface area contributed by atoms with Gasteiger partial charge in [-0.25, -0.2) is 0 Å². The fourth-order valence-electron chi connectivity index (χ4n) is 3.14. The minimum absolute atomic E-state index is 0.145. The number of carbonyl (C=O) groups excluding carboxylic acids is 2. The second-order valence-electron chi connectivity index (χ2n) is 6.65. The molecule has 1 saturated carbocycles. The summed E-state index contributed by atoms with van der Waals surface area (Å²) in [4.78, 5) is 26.3. The summed E-state index contributed by atoms with van der Waals surface area (Å²) in [5.41, 5.74) is 4.21. The Morgan fingerprint density at radius 3 is 2.84 bits per heavy atom. The molecule has 2 amide bonds. The van der Waals surface area contributed by atoms with E-state index in [-0.39, 0.29) is 11.8 Å². The Labute approximate surface area is 151 Å². The molecule has 0 radical (unpaired) electrons. The van der Waals surface area contributed by atoms with Gasteiger partial charge in [0.2, 0.25) is 11.8 Å². The second kappa shape index (κ2) is 6.84. The van der Waals surface area contributed by atoms with Crippen molar-refractivity contribution in [2.75, 3.05) is 11.9 Å². The molecular weight excluding hydrogens is 332 g/mol. The van der Waals surface area contributed by atoms with Crippen LogP contribution in [0.25, 0.3) is 6.08 Å². The number of nitrogens with one attached hydrogen (secondary N) is 1. The number of rotatable bonds is 4. The first-order valence-electron chi connectivity index (χ1n) is 8.61. The Bertz CT molecular complexity index is 822. The number of anilines is 1. The van der Waals surface area contributed by atoms with Gasteiger partial charge in [0.25, 0.3) is 0 Å². The average Bonchev–Trinajstić information content (AvgIpc) is 3.34. The lowest BCUT2D eigenvalue weighted by atomic mass is 9.98. The van der Waals surface area contributed by atoms with Gasteiger partial charge in [0.05, 0.1) is 0 Å². The van der Waals surface area contributed by atoms with Crippen LogP contribution in [0, 0.1) is 5.92 Å². The van der Waals surface area contributed by atoms with Gasteiger partial charge in [0.1, 0.15) is 0 Å². The smallest absolute Gasteiger partial charge is 0.248 e. The molecule has 1 aromatic carbocycles. The number of fused-ring (bicyclic) bond motifs is 1. The molecule has 4 rings (SSSR count). The minimum Gasteiger partial charge on any atom is -0.338 e. The van der Waals surface area contributed by atoms with Crippen molar-refractivity contribution in [2.24, 2.45) is 5.92 Å². The largest absolute Gasteiger partial charge is 0.338 e. The molecule has 25 heavy (non-hydrogen) atoms. The number of carbonyl (C=O) groups is 2. The molecule has 0 saturated heterocycles.